The average molecular weight is 391 g/mol. The number of aryl methyl sites for hydroxylation is 1. The maximum Gasteiger partial charge on any atom is 0.253 e. The summed E-state index contributed by atoms with van der Waals surface area (Å²) >= 11 is 0. The molecule has 1 unspecified atom stereocenters. The fourth-order valence-corrected chi connectivity index (χ4v) is 4.41. The van der Waals surface area contributed by atoms with Gasteiger partial charge >= 0.3 is 0 Å². The fourth-order valence-electron chi connectivity index (χ4n) is 4.41. The number of rotatable bonds is 3. The van der Waals surface area contributed by atoms with E-state index in [0.29, 0.717) is 17.9 Å². The Hall–Kier alpha value is -2.93. The summed E-state index contributed by atoms with van der Waals surface area (Å²) < 4.78 is 0. The molecular weight excluding hydrogens is 366 g/mol. The lowest BCUT2D eigenvalue weighted by molar-refractivity contribution is 0.0946. The Morgan fingerprint density at radius 2 is 2.03 bits per heavy atom. The van der Waals surface area contributed by atoms with Crippen molar-refractivity contribution in [2.75, 3.05) is 11.9 Å². The SMILES string of the molecule is Cc1nc2cccc(-c3cc4c([nH]3)CCNC4=O)c2nc1N[C@H]1CCCCC1O. The van der Waals surface area contributed by atoms with Crippen LogP contribution < -0.4 is 10.6 Å². The number of nitrogens with zero attached hydrogens (tertiary/aromatic N) is 2. The van der Waals surface area contributed by atoms with Gasteiger partial charge in [0.05, 0.1) is 28.9 Å². The summed E-state index contributed by atoms with van der Waals surface area (Å²) in [6, 6.07) is 7.82. The van der Waals surface area contributed by atoms with Gasteiger partial charge in [-0.1, -0.05) is 25.0 Å². The average Bonchev–Trinajstić information content (AvgIpc) is 3.15. The zero-order valence-electron chi connectivity index (χ0n) is 16.5. The maximum absolute atomic E-state index is 12.2. The van der Waals surface area contributed by atoms with Gasteiger partial charge in [0.15, 0.2) is 0 Å². The van der Waals surface area contributed by atoms with Crippen LogP contribution >= 0.6 is 0 Å². The second-order valence-electron chi connectivity index (χ2n) is 8.01. The number of benzene rings is 1. The molecule has 1 amide bonds. The molecule has 0 bridgehead atoms. The Morgan fingerprint density at radius 3 is 2.86 bits per heavy atom. The van der Waals surface area contributed by atoms with Crippen molar-refractivity contribution in [3.8, 4) is 11.3 Å². The van der Waals surface area contributed by atoms with E-state index in [2.05, 4.69) is 15.6 Å². The second kappa shape index (κ2) is 7.15. The van der Waals surface area contributed by atoms with Crippen LogP contribution in [0.1, 0.15) is 47.4 Å². The minimum atomic E-state index is -0.357. The molecule has 0 radical (unpaired) electrons. The standard InChI is InChI=1S/C22H25N5O2/c1-12-21(26-16-6-2-3-8-19(16)28)27-20-13(5-4-7-17(20)24-12)18-11-14-15(25-18)9-10-23-22(14)29/h4-5,7,11,16,19,25,28H,2-3,6,8-10H2,1H3,(H,23,29)(H,26,27)/t16-,19?/m0/s1. The third-order valence-electron chi connectivity index (χ3n) is 6.02. The first kappa shape index (κ1) is 18.1. The number of aliphatic hydroxyl groups excluding tert-OH is 1. The van der Waals surface area contributed by atoms with Crippen LogP contribution in [0.15, 0.2) is 24.3 Å². The highest BCUT2D eigenvalue weighted by Gasteiger charge is 2.25. The molecule has 1 aromatic carbocycles. The van der Waals surface area contributed by atoms with Gasteiger partial charge in [0.1, 0.15) is 11.3 Å². The molecule has 7 heteroatoms. The number of para-hydroxylation sites is 1. The van der Waals surface area contributed by atoms with Gasteiger partial charge in [-0.15, -0.1) is 0 Å². The molecule has 7 nitrogen and oxygen atoms in total. The third kappa shape index (κ3) is 3.25. The van der Waals surface area contributed by atoms with Crippen molar-refractivity contribution in [1.29, 1.82) is 0 Å². The number of amides is 1. The highest BCUT2D eigenvalue weighted by atomic mass is 16.3. The van der Waals surface area contributed by atoms with E-state index in [-0.39, 0.29) is 18.1 Å². The number of aliphatic hydroxyl groups is 1. The molecule has 3 heterocycles. The Balaban J connectivity index is 1.57. The summed E-state index contributed by atoms with van der Waals surface area (Å²) in [6.45, 7) is 2.59. The molecule has 29 heavy (non-hydrogen) atoms. The zero-order chi connectivity index (χ0) is 20.0. The lowest BCUT2D eigenvalue weighted by Crippen LogP contribution is -2.36. The van der Waals surface area contributed by atoms with Crippen molar-refractivity contribution in [3.05, 3.63) is 41.2 Å². The normalized spacial score (nSPS) is 21.7. The monoisotopic (exact) mass is 391 g/mol. The van der Waals surface area contributed by atoms with E-state index in [9.17, 15) is 9.90 Å². The molecule has 0 spiro atoms. The van der Waals surface area contributed by atoms with Crippen LogP contribution in [0.4, 0.5) is 5.82 Å². The van der Waals surface area contributed by atoms with Crippen LogP contribution in [-0.4, -0.2) is 44.7 Å². The molecule has 4 N–H and O–H groups in total. The minimum Gasteiger partial charge on any atom is -0.391 e. The Morgan fingerprint density at radius 1 is 1.17 bits per heavy atom. The molecule has 5 rings (SSSR count). The molecular formula is C22H25N5O2. The molecule has 2 atom stereocenters. The van der Waals surface area contributed by atoms with Crippen LogP contribution in [0.25, 0.3) is 22.3 Å². The molecule has 0 saturated heterocycles. The van der Waals surface area contributed by atoms with Crippen molar-refractivity contribution in [2.24, 2.45) is 0 Å². The maximum atomic E-state index is 12.2. The highest BCUT2D eigenvalue weighted by molar-refractivity contribution is 5.99. The van der Waals surface area contributed by atoms with Crippen LogP contribution in [-0.2, 0) is 6.42 Å². The van der Waals surface area contributed by atoms with Crippen molar-refractivity contribution >= 4 is 22.8 Å². The lowest BCUT2D eigenvalue weighted by atomic mass is 9.92. The summed E-state index contributed by atoms with van der Waals surface area (Å²) in [6.07, 6.45) is 4.36. The van der Waals surface area contributed by atoms with Crippen molar-refractivity contribution in [2.45, 2.75) is 51.2 Å². The quantitative estimate of drug-likeness (QED) is 0.550. The van der Waals surface area contributed by atoms with Crippen molar-refractivity contribution in [3.63, 3.8) is 0 Å². The van der Waals surface area contributed by atoms with Gasteiger partial charge in [-0.05, 0) is 31.9 Å². The number of H-pyrrole nitrogens is 1. The number of carbonyl (C=O) groups is 1. The number of aromatic amines is 1. The zero-order valence-corrected chi connectivity index (χ0v) is 16.5. The first-order chi connectivity index (χ1) is 14.1. The number of fused-ring (bicyclic) bond motifs is 2. The van der Waals surface area contributed by atoms with Gasteiger partial charge in [0, 0.05) is 29.9 Å². The van der Waals surface area contributed by atoms with Crippen molar-refractivity contribution < 1.29 is 9.90 Å². The predicted molar refractivity (Wildman–Crippen MR) is 112 cm³/mol. The van der Waals surface area contributed by atoms with Crippen molar-refractivity contribution in [1.82, 2.24) is 20.3 Å². The van der Waals surface area contributed by atoms with Crippen LogP contribution in [0, 0.1) is 6.92 Å². The van der Waals surface area contributed by atoms with Gasteiger partial charge in [-0.2, -0.15) is 0 Å². The smallest absolute Gasteiger partial charge is 0.253 e. The summed E-state index contributed by atoms with van der Waals surface area (Å²) in [5.41, 5.74) is 5.87. The number of hydrogen-bond acceptors (Lipinski definition) is 5. The first-order valence-electron chi connectivity index (χ1n) is 10.3. The van der Waals surface area contributed by atoms with Gasteiger partial charge < -0.3 is 20.7 Å². The molecule has 1 fully saturated rings. The van der Waals surface area contributed by atoms with E-state index in [1.54, 1.807) is 0 Å². The molecule has 1 saturated carbocycles. The lowest BCUT2D eigenvalue weighted by Gasteiger charge is -2.29. The van der Waals surface area contributed by atoms with E-state index >= 15 is 0 Å². The summed E-state index contributed by atoms with van der Waals surface area (Å²) in [5, 5.41) is 16.6. The summed E-state index contributed by atoms with van der Waals surface area (Å²) in [5.74, 6) is 0.675. The number of aromatic nitrogens is 3. The van der Waals surface area contributed by atoms with Crippen LogP contribution in [0.5, 0.6) is 0 Å². The number of hydrogen-bond donors (Lipinski definition) is 4. The molecule has 1 aliphatic carbocycles. The third-order valence-corrected chi connectivity index (χ3v) is 6.02. The topological polar surface area (TPSA) is 103 Å². The molecule has 2 aliphatic rings. The van der Waals surface area contributed by atoms with Gasteiger partial charge in [0.25, 0.3) is 5.91 Å². The predicted octanol–water partition coefficient (Wildman–Crippen LogP) is 2.93. The number of carbonyl (C=O) groups excluding carboxylic acids is 1. The van der Waals surface area contributed by atoms with Crippen LogP contribution in [0.2, 0.25) is 0 Å². The molecule has 1 aliphatic heterocycles. The molecule has 2 aromatic heterocycles. The largest absolute Gasteiger partial charge is 0.391 e. The fraction of sp³-hybridized carbons (Fsp3) is 0.409. The van der Waals surface area contributed by atoms with E-state index in [1.165, 1.54) is 0 Å². The van der Waals surface area contributed by atoms with E-state index < -0.39 is 0 Å². The Bertz CT molecular complexity index is 1090. The number of anilines is 1. The van der Waals surface area contributed by atoms with E-state index in [1.807, 2.05) is 31.2 Å². The second-order valence-corrected chi connectivity index (χ2v) is 8.01. The number of nitrogens with one attached hydrogen (secondary N) is 3. The van der Waals surface area contributed by atoms with Gasteiger partial charge in [0.2, 0.25) is 0 Å². The minimum absolute atomic E-state index is 0.00265. The first-order valence-corrected chi connectivity index (χ1v) is 10.3. The molecule has 150 valence electrons. The Labute approximate surface area is 169 Å². The Kier molecular flexibility index (Phi) is 4.47. The van der Waals surface area contributed by atoms with Gasteiger partial charge in [-0.3, -0.25) is 4.79 Å². The summed E-state index contributed by atoms with van der Waals surface area (Å²) in [7, 11) is 0. The summed E-state index contributed by atoms with van der Waals surface area (Å²) in [4.78, 5) is 25.2. The van der Waals surface area contributed by atoms with Crippen LogP contribution in [0.3, 0.4) is 0 Å². The highest BCUT2D eigenvalue weighted by Crippen LogP contribution is 2.31. The van der Waals surface area contributed by atoms with E-state index in [0.717, 1.165) is 65.8 Å². The van der Waals surface area contributed by atoms with E-state index in [4.69, 9.17) is 9.97 Å². The van der Waals surface area contributed by atoms with Gasteiger partial charge in [-0.25, -0.2) is 9.97 Å². The molecule has 3 aromatic rings.